The minimum Gasteiger partial charge on any atom is -0.481 e. The maximum atomic E-state index is 11.5. The number of carboxylic acids is 1. The van der Waals surface area contributed by atoms with Crippen LogP contribution in [0, 0.1) is 39.9 Å². The summed E-state index contributed by atoms with van der Waals surface area (Å²) in [6.07, 6.45) is 10.3. The summed E-state index contributed by atoms with van der Waals surface area (Å²) in [6.45, 7) is 22.5. The zero-order valence-electron chi connectivity index (χ0n) is 22.0. The SMILES string of the molecule is C=C(C)[C@@H]1CC=C(C)[C@H](CC[C@H]2C(=C)CC[C@H]3C(C)(C)[C@@H](O)CC[C@]23C)[C@@]1(C)CCC(=O)O. The fourth-order valence-electron chi connectivity index (χ4n) is 8.56. The Kier molecular flexibility index (Phi) is 7.45. The Hall–Kier alpha value is -1.35. The Labute approximate surface area is 202 Å². The number of rotatable bonds is 7. The Morgan fingerprint density at radius 3 is 2.39 bits per heavy atom. The molecule has 0 saturated heterocycles. The van der Waals surface area contributed by atoms with Crippen molar-refractivity contribution >= 4 is 5.97 Å². The summed E-state index contributed by atoms with van der Waals surface area (Å²) in [7, 11) is 0. The zero-order chi connectivity index (χ0) is 24.8. The standard InChI is InChI=1S/C30H48O3/c1-19(2)22-11-9-20(3)23(29(22,7)18-16-27(32)33)12-13-24-21(4)10-14-25-28(5,6)26(31)15-17-30(24,25)8/h9,22-26,31H,1,4,10-18H2,2-3,5-8H3,(H,32,33)/t22-,23-,24-,25-,26-,29-,30+/m0/s1. The van der Waals surface area contributed by atoms with Crippen molar-refractivity contribution in [1.29, 1.82) is 0 Å². The first-order valence-electron chi connectivity index (χ1n) is 13.1. The first-order valence-corrected chi connectivity index (χ1v) is 13.1. The van der Waals surface area contributed by atoms with E-state index in [4.69, 9.17) is 0 Å². The molecule has 0 spiro atoms. The highest BCUT2D eigenvalue weighted by Gasteiger charge is 2.56. The lowest BCUT2D eigenvalue weighted by Gasteiger charge is -2.60. The van der Waals surface area contributed by atoms with Gasteiger partial charge in [0, 0.05) is 6.42 Å². The number of hydrogen-bond acceptors (Lipinski definition) is 2. The first kappa shape index (κ1) is 26.3. The third-order valence-electron chi connectivity index (χ3n) is 10.6. The van der Waals surface area contributed by atoms with Gasteiger partial charge in [-0.3, -0.25) is 4.79 Å². The van der Waals surface area contributed by atoms with Crippen LogP contribution in [0.3, 0.4) is 0 Å². The smallest absolute Gasteiger partial charge is 0.303 e. The van der Waals surface area contributed by atoms with Gasteiger partial charge in [-0.05, 0) is 105 Å². The average molecular weight is 457 g/mol. The summed E-state index contributed by atoms with van der Waals surface area (Å²) in [5.74, 6) is 0.957. The summed E-state index contributed by atoms with van der Waals surface area (Å²) >= 11 is 0. The van der Waals surface area contributed by atoms with E-state index in [-0.39, 0.29) is 28.8 Å². The average Bonchev–Trinajstić information content (AvgIpc) is 2.71. The van der Waals surface area contributed by atoms with Crippen LogP contribution in [0.15, 0.2) is 36.0 Å². The summed E-state index contributed by atoms with van der Waals surface area (Å²) in [5.41, 5.74) is 4.02. The Balaban J connectivity index is 1.88. The molecule has 0 aliphatic heterocycles. The van der Waals surface area contributed by atoms with E-state index in [0.717, 1.165) is 44.9 Å². The topological polar surface area (TPSA) is 57.5 Å². The van der Waals surface area contributed by atoms with Crippen LogP contribution in [0.25, 0.3) is 0 Å². The van der Waals surface area contributed by atoms with Crippen molar-refractivity contribution in [3.05, 3.63) is 36.0 Å². The van der Waals surface area contributed by atoms with E-state index in [2.05, 4.69) is 60.8 Å². The molecule has 33 heavy (non-hydrogen) atoms. The molecule has 2 N–H and O–H groups in total. The van der Waals surface area contributed by atoms with Gasteiger partial charge in [-0.15, -0.1) is 0 Å². The molecule has 3 rings (SSSR count). The second kappa shape index (κ2) is 9.36. The number of aliphatic hydroxyl groups excluding tert-OH is 1. The van der Waals surface area contributed by atoms with Crippen molar-refractivity contribution < 1.29 is 15.0 Å². The summed E-state index contributed by atoms with van der Waals surface area (Å²) in [5, 5.41) is 20.2. The molecule has 0 aromatic heterocycles. The molecule has 3 aliphatic rings. The van der Waals surface area contributed by atoms with Crippen LogP contribution >= 0.6 is 0 Å². The van der Waals surface area contributed by atoms with Crippen LogP contribution in [0.5, 0.6) is 0 Å². The van der Waals surface area contributed by atoms with Crippen LogP contribution in [-0.2, 0) is 4.79 Å². The molecule has 7 atom stereocenters. The van der Waals surface area contributed by atoms with Crippen LogP contribution in [-0.4, -0.2) is 22.3 Å². The molecule has 0 radical (unpaired) electrons. The van der Waals surface area contributed by atoms with E-state index in [1.807, 2.05) is 0 Å². The van der Waals surface area contributed by atoms with Crippen LogP contribution in [0.4, 0.5) is 0 Å². The number of hydrogen-bond donors (Lipinski definition) is 2. The van der Waals surface area contributed by atoms with Gasteiger partial charge < -0.3 is 10.2 Å². The number of aliphatic carboxylic acids is 1. The molecular formula is C30H48O3. The fraction of sp³-hybridized carbons (Fsp3) is 0.767. The van der Waals surface area contributed by atoms with Crippen molar-refractivity contribution in [2.24, 2.45) is 39.9 Å². The Bertz CT molecular complexity index is 820. The number of carbonyl (C=O) groups is 1. The minimum absolute atomic E-state index is 0.0618. The molecule has 0 aromatic rings. The van der Waals surface area contributed by atoms with Gasteiger partial charge in [0.05, 0.1) is 6.10 Å². The number of aliphatic hydroxyl groups is 1. The molecule has 0 amide bonds. The summed E-state index contributed by atoms with van der Waals surface area (Å²) < 4.78 is 0. The van der Waals surface area contributed by atoms with E-state index < -0.39 is 5.97 Å². The zero-order valence-corrected chi connectivity index (χ0v) is 22.0. The van der Waals surface area contributed by atoms with Crippen LogP contribution in [0.2, 0.25) is 0 Å². The monoisotopic (exact) mass is 456 g/mol. The highest BCUT2D eigenvalue weighted by atomic mass is 16.4. The number of carboxylic acid groups (broad SMARTS) is 1. The van der Waals surface area contributed by atoms with Crippen molar-refractivity contribution in [2.45, 2.75) is 105 Å². The Morgan fingerprint density at radius 2 is 1.79 bits per heavy atom. The van der Waals surface area contributed by atoms with Gasteiger partial charge in [0.2, 0.25) is 0 Å². The molecule has 0 unspecified atom stereocenters. The molecular weight excluding hydrogens is 408 g/mol. The first-order chi connectivity index (χ1) is 15.2. The van der Waals surface area contributed by atoms with Gasteiger partial charge in [-0.2, -0.15) is 0 Å². The maximum Gasteiger partial charge on any atom is 0.303 e. The minimum atomic E-state index is -0.707. The third kappa shape index (κ3) is 4.64. The van der Waals surface area contributed by atoms with E-state index in [9.17, 15) is 15.0 Å². The molecule has 0 heterocycles. The lowest BCUT2D eigenvalue weighted by molar-refractivity contribution is -0.138. The summed E-state index contributed by atoms with van der Waals surface area (Å²) in [6, 6.07) is 0. The van der Waals surface area contributed by atoms with Crippen molar-refractivity contribution in [3.8, 4) is 0 Å². The predicted octanol–water partition coefficient (Wildman–Crippen LogP) is 7.57. The Morgan fingerprint density at radius 1 is 1.15 bits per heavy atom. The van der Waals surface area contributed by atoms with Gasteiger partial charge in [0.25, 0.3) is 0 Å². The van der Waals surface area contributed by atoms with Gasteiger partial charge in [0.1, 0.15) is 0 Å². The highest BCUT2D eigenvalue weighted by molar-refractivity contribution is 5.66. The second-order valence-electron chi connectivity index (χ2n) is 12.8. The molecule has 3 aliphatic carbocycles. The highest BCUT2D eigenvalue weighted by Crippen LogP contribution is 2.62. The van der Waals surface area contributed by atoms with Gasteiger partial charge in [0.15, 0.2) is 0 Å². The van der Waals surface area contributed by atoms with Gasteiger partial charge in [-0.1, -0.05) is 63.6 Å². The quantitative estimate of drug-likeness (QED) is 0.388. The maximum absolute atomic E-state index is 11.5. The van der Waals surface area contributed by atoms with E-state index in [0.29, 0.717) is 30.1 Å². The van der Waals surface area contributed by atoms with Gasteiger partial charge in [-0.25, -0.2) is 0 Å². The van der Waals surface area contributed by atoms with E-state index in [1.54, 1.807) is 0 Å². The summed E-state index contributed by atoms with van der Waals surface area (Å²) in [4.78, 5) is 11.5. The second-order valence-corrected chi connectivity index (χ2v) is 12.8. The number of allylic oxidation sites excluding steroid dienone is 4. The fourth-order valence-corrected chi connectivity index (χ4v) is 8.56. The van der Waals surface area contributed by atoms with Gasteiger partial charge >= 0.3 is 5.97 Å². The normalized spacial score (nSPS) is 40.6. The molecule has 3 nitrogen and oxygen atoms in total. The van der Waals surface area contributed by atoms with E-state index >= 15 is 0 Å². The van der Waals surface area contributed by atoms with Crippen LogP contribution < -0.4 is 0 Å². The lowest BCUT2D eigenvalue weighted by atomic mass is 9.46. The van der Waals surface area contributed by atoms with Crippen molar-refractivity contribution in [2.75, 3.05) is 0 Å². The van der Waals surface area contributed by atoms with E-state index in [1.165, 1.54) is 16.7 Å². The predicted molar refractivity (Wildman–Crippen MR) is 137 cm³/mol. The molecule has 0 bridgehead atoms. The third-order valence-corrected chi connectivity index (χ3v) is 10.6. The van der Waals surface area contributed by atoms with Crippen LogP contribution in [0.1, 0.15) is 99.3 Å². The lowest BCUT2D eigenvalue weighted by Crippen LogP contribution is -2.54. The van der Waals surface area contributed by atoms with Crippen molar-refractivity contribution in [1.82, 2.24) is 0 Å². The molecule has 2 saturated carbocycles. The van der Waals surface area contributed by atoms with Crippen molar-refractivity contribution in [3.63, 3.8) is 0 Å². The molecule has 0 aromatic carbocycles. The largest absolute Gasteiger partial charge is 0.481 e. The molecule has 3 heteroatoms. The molecule has 2 fully saturated rings. The molecule has 186 valence electrons. The number of fused-ring (bicyclic) bond motifs is 1.